The van der Waals surface area contributed by atoms with Crippen molar-refractivity contribution in [2.75, 3.05) is 0 Å². The van der Waals surface area contributed by atoms with Crippen LogP contribution >= 0.6 is 0 Å². The number of Topliss-reactive ketones (excluding diaryl/α,β-unsaturated/α-hetero) is 1. The summed E-state index contributed by atoms with van der Waals surface area (Å²) < 4.78 is 29.2. The molecule has 0 atom stereocenters. The fourth-order valence-electron chi connectivity index (χ4n) is 1.54. The molecular formula is C12H16O4S. The molecule has 1 aromatic carbocycles. The van der Waals surface area contributed by atoms with Crippen molar-refractivity contribution >= 4 is 15.9 Å². The van der Waals surface area contributed by atoms with E-state index < -0.39 is 10.1 Å². The van der Waals surface area contributed by atoms with Gasteiger partial charge in [-0.2, -0.15) is 8.42 Å². The highest BCUT2D eigenvalue weighted by atomic mass is 32.2. The Balaban J connectivity index is 0.000000181. The Morgan fingerprint density at radius 2 is 1.47 bits per heavy atom. The van der Waals surface area contributed by atoms with E-state index in [4.69, 9.17) is 4.55 Å². The summed E-state index contributed by atoms with van der Waals surface area (Å²) in [6.45, 7) is 0. The molecule has 1 fully saturated rings. The van der Waals surface area contributed by atoms with Crippen LogP contribution in [0.1, 0.15) is 32.1 Å². The van der Waals surface area contributed by atoms with Gasteiger partial charge in [0.15, 0.2) is 0 Å². The van der Waals surface area contributed by atoms with Crippen molar-refractivity contribution < 1.29 is 17.8 Å². The molecule has 0 spiro atoms. The quantitative estimate of drug-likeness (QED) is 0.783. The van der Waals surface area contributed by atoms with Gasteiger partial charge in [0.1, 0.15) is 5.78 Å². The van der Waals surface area contributed by atoms with Crippen LogP contribution in [-0.4, -0.2) is 18.8 Å². The minimum atomic E-state index is -4.00. The highest BCUT2D eigenvalue weighted by Gasteiger charge is 2.06. The van der Waals surface area contributed by atoms with Crippen LogP contribution < -0.4 is 0 Å². The second kappa shape index (κ2) is 6.51. The van der Waals surface area contributed by atoms with Gasteiger partial charge in [0.05, 0.1) is 4.90 Å². The SMILES string of the molecule is O=C1CCCCC1.O=S(=O)(O)c1ccccc1. The third-order valence-corrected chi connectivity index (χ3v) is 3.32. The van der Waals surface area contributed by atoms with Crippen LogP contribution in [0.25, 0.3) is 0 Å². The molecular weight excluding hydrogens is 240 g/mol. The molecule has 17 heavy (non-hydrogen) atoms. The Kier molecular flexibility index (Phi) is 5.31. The number of carbonyl (C=O) groups is 1. The number of rotatable bonds is 1. The molecule has 1 aromatic rings. The fraction of sp³-hybridized carbons (Fsp3) is 0.417. The van der Waals surface area contributed by atoms with E-state index in [9.17, 15) is 13.2 Å². The molecule has 0 aromatic heterocycles. The molecule has 1 N–H and O–H groups in total. The first-order valence-corrected chi connectivity index (χ1v) is 6.98. The molecule has 0 saturated heterocycles. The maximum Gasteiger partial charge on any atom is 0.294 e. The summed E-state index contributed by atoms with van der Waals surface area (Å²) in [6.07, 6.45) is 5.24. The van der Waals surface area contributed by atoms with Gasteiger partial charge in [0.2, 0.25) is 0 Å². The molecule has 0 unspecified atom stereocenters. The summed E-state index contributed by atoms with van der Waals surface area (Å²) in [5.41, 5.74) is 0. The molecule has 1 saturated carbocycles. The van der Waals surface area contributed by atoms with Crippen LogP contribution in [0.3, 0.4) is 0 Å². The summed E-state index contributed by atoms with van der Waals surface area (Å²) in [4.78, 5) is 10.4. The van der Waals surface area contributed by atoms with Crippen LogP contribution in [0.5, 0.6) is 0 Å². The average Bonchev–Trinajstić information content (AvgIpc) is 2.31. The van der Waals surface area contributed by atoms with Gasteiger partial charge in [-0.3, -0.25) is 9.35 Å². The minimum absolute atomic E-state index is 0.0741. The van der Waals surface area contributed by atoms with E-state index in [1.165, 1.54) is 18.6 Å². The zero-order chi connectivity index (χ0) is 12.7. The van der Waals surface area contributed by atoms with Crippen molar-refractivity contribution in [3.05, 3.63) is 30.3 Å². The third kappa shape index (κ3) is 5.60. The third-order valence-electron chi connectivity index (χ3n) is 2.45. The maximum atomic E-state index is 10.5. The second-order valence-corrected chi connectivity index (χ2v) is 5.31. The minimum Gasteiger partial charge on any atom is -0.300 e. The van der Waals surface area contributed by atoms with Gasteiger partial charge in [-0.05, 0) is 25.0 Å². The highest BCUT2D eigenvalue weighted by Crippen LogP contribution is 2.12. The van der Waals surface area contributed by atoms with E-state index in [0.717, 1.165) is 25.7 Å². The van der Waals surface area contributed by atoms with Crippen LogP contribution in [0, 0.1) is 0 Å². The lowest BCUT2D eigenvalue weighted by Gasteiger charge is -2.05. The van der Waals surface area contributed by atoms with Crippen LogP contribution in [0.15, 0.2) is 35.2 Å². The van der Waals surface area contributed by atoms with Gasteiger partial charge < -0.3 is 0 Å². The Labute approximate surface area is 101 Å². The highest BCUT2D eigenvalue weighted by molar-refractivity contribution is 7.85. The number of carbonyl (C=O) groups excluding carboxylic acids is 1. The van der Waals surface area contributed by atoms with E-state index in [2.05, 4.69) is 0 Å². The van der Waals surface area contributed by atoms with E-state index in [1.807, 2.05) is 0 Å². The maximum absolute atomic E-state index is 10.5. The predicted octanol–water partition coefficient (Wildman–Crippen LogP) is 2.45. The van der Waals surface area contributed by atoms with Crippen molar-refractivity contribution in [1.29, 1.82) is 0 Å². The molecule has 94 valence electrons. The smallest absolute Gasteiger partial charge is 0.294 e. The summed E-state index contributed by atoms with van der Waals surface area (Å²) in [6, 6.07) is 7.42. The predicted molar refractivity (Wildman–Crippen MR) is 64.3 cm³/mol. The van der Waals surface area contributed by atoms with E-state index in [0.29, 0.717) is 5.78 Å². The number of hydrogen-bond donors (Lipinski definition) is 1. The Bertz CT molecular complexity index is 443. The standard InChI is InChI=1S/C6H6O3S.C6H10O/c7-10(8,9)6-4-2-1-3-5-6;7-6-4-2-1-3-5-6/h1-5H,(H,7,8,9);1-5H2. The van der Waals surface area contributed by atoms with Crippen molar-refractivity contribution in [2.45, 2.75) is 37.0 Å². The molecule has 0 heterocycles. The van der Waals surface area contributed by atoms with E-state index in [1.54, 1.807) is 18.2 Å². The van der Waals surface area contributed by atoms with Gasteiger partial charge in [0.25, 0.3) is 10.1 Å². The van der Waals surface area contributed by atoms with Crippen molar-refractivity contribution in [3.63, 3.8) is 0 Å². The molecule has 0 radical (unpaired) electrons. The molecule has 0 aliphatic heterocycles. The first-order chi connectivity index (χ1) is 8.00. The lowest BCUT2D eigenvalue weighted by atomic mass is 10.00. The molecule has 2 rings (SSSR count). The van der Waals surface area contributed by atoms with Crippen LogP contribution in [0.4, 0.5) is 0 Å². The first kappa shape index (κ1) is 13.9. The first-order valence-electron chi connectivity index (χ1n) is 5.54. The van der Waals surface area contributed by atoms with Gasteiger partial charge in [0, 0.05) is 12.8 Å². The normalized spacial score (nSPS) is 15.9. The second-order valence-electron chi connectivity index (χ2n) is 3.89. The molecule has 5 heteroatoms. The van der Waals surface area contributed by atoms with Crippen molar-refractivity contribution in [2.24, 2.45) is 0 Å². The monoisotopic (exact) mass is 256 g/mol. The summed E-state index contributed by atoms with van der Waals surface area (Å²) in [7, 11) is -4.00. The Hall–Kier alpha value is -1.20. The molecule has 0 amide bonds. The van der Waals surface area contributed by atoms with Gasteiger partial charge in [-0.1, -0.05) is 24.6 Å². The number of benzene rings is 1. The lowest BCUT2D eigenvalue weighted by Crippen LogP contribution is -2.02. The lowest BCUT2D eigenvalue weighted by molar-refractivity contribution is -0.120. The number of ketones is 1. The van der Waals surface area contributed by atoms with Crippen molar-refractivity contribution in [3.8, 4) is 0 Å². The van der Waals surface area contributed by atoms with Crippen LogP contribution in [0.2, 0.25) is 0 Å². The average molecular weight is 256 g/mol. The zero-order valence-electron chi connectivity index (χ0n) is 9.50. The summed E-state index contributed by atoms with van der Waals surface area (Å²) >= 11 is 0. The summed E-state index contributed by atoms with van der Waals surface area (Å²) in [5, 5.41) is 0. The zero-order valence-corrected chi connectivity index (χ0v) is 10.3. The molecule has 0 bridgehead atoms. The van der Waals surface area contributed by atoms with Crippen molar-refractivity contribution in [1.82, 2.24) is 0 Å². The van der Waals surface area contributed by atoms with Gasteiger partial charge in [-0.15, -0.1) is 0 Å². The van der Waals surface area contributed by atoms with E-state index >= 15 is 0 Å². The number of hydrogen-bond acceptors (Lipinski definition) is 3. The molecule has 1 aliphatic rings. The summed E-state index contributed by atoms with van der Waals surface area (Å²) in [5.74, 6) is 0.464. The fourth-order valence-corrected chi connectivity index (χ4v) is 2.04. The van der Waals surface area contributed by atoms with Gasteiger partial charge in [-0.25, -0.2) is 0 Å². The molecule has 1 aliphatic carbocycles. The Morgan fingerprint density at radius 1 is 0.941 bits per heavy atom. The van der Waals surface area contributed by atoms with E-state index in [-0.39, 0.29) is 4.90 Å². The van der Waals surface area contributed by atoms with Gasteiger partial charge >= 0.3 is 0 Å². The topological polar surface area (TPSA) is 71.4 Å². The Morgan fingerprint density at radius 3 is 1.76 bits per heavy atom. The molecule has 4 nitrogen and oxygen atoms in total. The largest absolute Gasteiger partial charge is 0.300 e. The van der Waals surface area contributed by atoms with Crippen LogP contribution in [-0.2, 0) is 14.9 Å².